The van der Waals surface area contributed by atoms with E-state index >= 15 is 0 Å². The molecule has 0 saturated carbocycles. The highest BCUT2D eigenvalue weighted by molar-refractivity contribution is 6.12. The molecule has 0 aliphatic carbocycles. The number of nitrogens with one attached hydrogen (secondary N) is 1. The molecule has 0 atom stereocenters. The zero-order chi connectivity index (χ0) is 15.8. The number of hydroxylamine groups is 1. The zero-order valence-electron chi connectivity index (χ0n) is 11.2. The predicted molar refractivity (Wildman–Crippen MR) is 67.8 cm³/mol. The number of carbonyl (C=O) groups excluding carboxylic acids is 5. The molecule has 0 aromatic heterocycles. The Morgan fingerprint density at radius 3 is 2.29 bits per heavy atom. The summed E-state index contributed by atoms with van der Waals surface area (Å²) in [5.41, 5.74) is 6.73. The molecule has 1 aliphatic rings. The van der Waals surface area contributed by atoms with E-state index < -0.39 is 29.6 Å². The van der Waals surface area contributed by atoms with E-state index in [2.05, 4.69) is 4.84 Å². The molecule has 0 fully saturated rings. The Balaban J connectivity index is 2.14. The van der Waals surface area contributed by atoms with Crippen LogP contribution in [0, 0.1) is 0 Å². The van der Waals surface area contributed by atoms with Crippen LogP contribution < -0.4 is 11.2 Å². The number of nitrogens with zero attached hydrogens (tertiary/aromatic N) is 1. The largest absolute Gasteiger partial charge is 0.370 e. The van der Waals surface area contributed by atoms with E-state index in [9.17, 15) is 24.0 Å². The van der Waals surface area contributed by atoms with Gasteiger partial charge in [0.2, 0.25) is 5.91 Å². The van der Waals surface area contributed by atoms with Crippen LogP contribution in [0.2, 0.25) is 0 Å². The van der Waals surface area contributed by atoms with Crippen molar-refractivity contribution in [1.29, 1.82) is 0 Å². The highest BCUT2D eigenvalue weighted by Crippen LogP contribution is 2.05. The maximum atomic E-state index is 11.3. The van der Waals surface area contributed by atoms with Crippen molar-refractivity contribution in [3.63, 3.8) is 0 Å². The predicted octanol–water partition coefficient (Wildman–Crippen LogP) is -1.47. The van der Waals surface area contributed by atoms with Gasteiger partial charge in [0, 0.05) is 38.0 Å². The van der Waals surface area contributed by atoms with Crippen LogP contribution in [0.25, 0.3) is 0 Å². The van der Waals surface area contributed by atoms with Crippen molar-refractivity contribution in [3.05, 3.63) is 12.2 Å². The molecule has 0 unspecified atom stereocenters. The second-order valence-electron chi connectivity index (χ2n) is 4.23. The molecular formula is C12H15N3O6. The second-order valence-corrected chi connectivity index (χ2v) is 4.23. The van der Waals surface area contributed by atoms with E-state index in [0.717, 1.165) is 17.1 Å². The summed E-state index contributed by atoms with van der Waals surface area (Å²) in [7, 11) is 0. The maximum absolute atomic E-state index is 11.3. The molecule has 0 bridgehead atoms. The zero-order valence-corrected chi connectivity index (χ0v) is 11.2. The first kappa shape index (κ1) is 16.3. The number of nitrogens with two attached hydrogens (primary N) is 1. The standard InChI is InChI=1S/C12H15N3O6/c13-8(16)3-4-9(17)14-21-12(20)2-1-7-15-10(18)5-6-11(15)19/h5-6H,1-4,7H2,(H2,13,16)(H,14,17). The third kappa shape index (κ3) is 5.85. The number of hydrogen-bond acceptors (Lipinski definition) is 6. The number of hydrogen-bond donors (Lipinski definition) is 2. The Hall–Kier alpha value is -2.71. The molecular weight excluding hydrogens is 282 g/mol. The molecule has 21 heavy (non-hydrogen) atoms. The summed E-state index contributed by atoms with van der Waals surface area (Å²) >= 11 is 0. The average Bonchev–Trinajstić information content (AvgIpc) is 2.74. The lowest BCUT2D eigenvalue weighted by molar-refractivity contribution is -0.158. The molecule has 114 valence electrons. The van der Waals surface area contributed by atoms with Gasteiger partial charge in [0.1, 0.15) is 0 Å². The number of amides is 4. The lowest BCUT2D eigenvalue weighted by Crippen LogP contribution is -2.32. The van der Waals surface area contributed by atoms with Crippen LogP contribution in [-0.4, -0.2) is 41.0 Å². The second kappa shape index (κ2) is 7.78. The Kier molecular flexibility index (Phi) is 6.05. The van der Waals surface area contributed by atoms with Crippen molar-refractivity contribution in [2.45, 2.75) is 25.7 Å². The van der Waals surface area contributed by atoms with Crippen molar-refractivity contribution in [2.75, 3.05) is 6.54 Å². The quantitative estimate of drug-likeness (QED) is 0.435. The molecule has 4 amide bonds. The van der Waals surface area contributed by atoms with E-state index in [1.165, 1.54) is 0 Å². The summed E-state index contributed by atoms with van der Waals surface area (Å²) in [6.07, 6.45) is 2.13. The minimum absolute atomic E-state index is 0.0762. The molecule has 0 saturated heterocycles. The molecule has 0 aromatic carbocycles. The SMILES string of the molecule is NC(=O)CCC(=O)NOC(=O)CCCN1C(=O)C=CC1=O. The minimum Gasteiger partial charge on any atom is -0.370 e. The van der Waals surface area contributed by atoms with Gasteiger partial charge in [-0.25, -0.2) is 4.79 Å². The topological polar surface area (TPSA) is 136 Å². The van der Waals surface area contributed by atoms with Gasteiger partial charge in [-0.15, -0.1) is 0 Å². The lowest BCUT2D eigenvalue weighted by Gasteiger charge is -2.12. The van der Waals surface area contributed by atoms with Crippen LogP contribution in [0.1, 0.15) is 25.7 Å². The summed E-state index contributed by atoms with van der Waals surface area (Å²) in [5, 5.41) is 0. The molecule has 0 radical (unpaired) electrons. The van der Waals surface area contributed by atoms with Gasteiger partial charge in [-0.1, -0.05) is 0 Å². The number of primary amides is 1. The van der Waals surface area contributed by atoms with Crippen molar-refractivity contribution in [1.82, 2.24) is 10.4 Å². The van der Waals surface area contributed by atoms with Gasteiger partial charge in [0.15, 0.2) is 0 Å². The Labute approximate surface area is 120 Å². The molecule has 1 aliphatic heterocycles. The Morgan fingerprint density at radius 1 is 1.10 bits per heavy atom. The first-order valence-corrected chi connectivity index (χ1v) is 6.20. The van der Waals surface area contributed by atoms with Crippen LogP contribution in [0.3, 0.4) is 0 Å². The Bertz CT molecular complexity index is 481. The van der Waals surface area contributed by atoms with E-state index in [1.54, 1.807) is 0 Å². The van der Waals surface area contributed by atoms with Gasteiger partial charge in [0.25, 0.3) is 17.7 Å². The van der Waals surface area contributed by atoms with E-state index in [0.29, 0.717) is 0 Å². The summed E-state index contributed by atoms with van der Waals surface area (Å²) < 4.78 is 0. The van der Waals surface area contributed by atoms with Crippen molar-refractivity contribution >= 4 is 29.6 Å². The smallest absolute Gasteiger partial charge is 0.332 e. The van der Waals surface area contributed by atoms with Crippen LogP contribution in [0.5, 0.6) is 0 Å². The summed E-state index contributed by atoms with van der Waals surface area (Å²) in [4.78, 5) is 60.7. The number of rotatable bonds is 7. The van der Waals surface area contributed by atoms with E-state index in [-0.39, 0.29) is 32.2 Å². The van der Waals surface area contributed by atoms with Gasteiger partial charge in [-0.3, -0.25) is 24.1 Å². The van der Waals surface area contributed by atoms with Crippen molar-refractivity contribution in [2.24, 2.45) is 5.73 Å². The molecule has 1 rings (SSSR count). The first-order chi connectivity index (χ1) is 9.90. The summed E-state index contributed by atoms with van der Waals surface area (Å²) in [6, 6.07) is 0. The molecule has 1 heterocycles. The summed E-state index contributed by atoms with van der Waals surface area (Å²) in [6.45, 7) is 0.0926. The fraction of sp³-hybridized carbons (Fsp3) is 0.417. The fourth-order valence-electron chi connectivity index (χ4n) is 1.49. The molecule has 3 N–H and O–H groups in total. The monoisotopic (exact) mass is 297 g/mol. The van der Waals surface area contributed by atoms with Gasteiger partial charge in [-0.05, 0) is 6.42 Å². The molecule has 0 spiro atoms. The van der Waals surface area contributed by atoms with Crippen LogP contribution in [0.15, 0.2) is 12.2 Å². The van der Waals surface area contributed by atoms with E-state index in [1.807, 2.05) is 5.48 Å². The highest BCUT2D eigenvalue weighted by Gasteiger charge is 2.22. The normalized spacial score (nSPS) is 13.4. The van der Waals surface area contributed by atoms with Crippen LogP contribution >= 0.6 is 0 Å². The number of carbonyl (C=O) groups is 5. The van der Waals surface area contributed by atoms with Gasteiger partial charge in [0.05, 0.1) is 0 Å². The number of imide groups is 1. The average molecular weight is 297 g/mol. The fourth-order valence-corrected chi connectivity index (χ4v) is 1.49. The van der Waals surface area contributed by atoms with Crippen molar-refractivity contribution < 1.29 is 28.8 Å². The Morgan fingerprint density at radius 2 is 1.71 bits per heavy atom. The van der Waals surface area contributed by atoms with Gasteiger partial charge in [-0.2, -0.15) is 5.48 Å². The molecule has 9 heteroatoms. The lowest BCUT2D eigenvalue weighted by atomic mass is 10.3. The van der Waals surface area contributed by atoms with Crippen molar-refractivity contribution in [3.8, 4) is 0 Å². The van der Waals surface area contributed by atoms with E-state index in [4.69, 9.17) is 5.73 Å². The van der Waals surface area contributed by atoms with Crippen LogP contribution in [0.4, 0.5) is 0 Å². The first-order valence-electron chi connectivity index (χ1n) is 6.20. The summed E-state index contributed by atoms with van der Waals surface area (Å²) in [5.74, 6) is -2.84. The van der Waals surface area contributed by atoms with Gasteiger partial charge < -0.3 is 10.6 Å². The maximum Gasteiger partial charge on any atom is 0.332 e. The third-order valence-corrected chi connectivity index (χ3v) is 2.54. The molecule has 9 nitrogen and oxygen atoms in total. The molecule has 0 aromatic rings. The van der Waals surface area contributed by atoms with Gasteiger partial charge >= 0.3 is 5.97 Å². The van der Waals surface area contributed by atoms with Crippen LogP contribution in [-0.2, 0) is 28.8 Å². The highest BCUT2D eigenvalue weighted by atomic mass is 16.7. The minimum atomic E-state index is -0.713. The third-order valence-electron chi connectivity index (χ3n) is 2.54.